The van der Waals surface area contributed by atoms with Gasteiger partial charge in [0, 0.05) is 31.4 Å². The molecule has 1 saturated heterocycles. The van der Waals surface area contributed by atoms with Gasteiger partial charge in [0.25, 0.3) is 0 Å². The second-order valence-corrected chi connectivity index (χ2v) is 9.86. The van der Waals surface area contributed by atoms with E-state index in [1.54, 1.807) is 6.20 Å². The lowest BCUT2D eigenvalue weighted by atomic mass is 9.97. The van der Waals surface area contributed by atoms with Gasteiger partial charge < -0.3 is 14.2 Å². The number of benzene rings is 1. The van der Waals surface area contributed by atoms with Gasteiger partial charge in [-0.1, -0.05) is 11.2 Å². The van der Waals surface area contributed by atoms with Crippen LogP contribution in [0.15, 0.2) is 41.1 Å². The maximum absolute atomic E-state index is 10.9. The van der Waals surface area contributed by atoms with Crippen LogP contribution < -0.4 is 14.4 Å². The normalized spacial score (nSPS) is 18.5. The van der Waals surface area contributed by atoms with Crippen molar-refractivity contribution in [2.24, 2.45) is 5.92 Å². The lowest BCUT2D eigenvalue weighted by Gasteiger charge is -2.41. The Labute approximate surface area is 204 Å². The summed E-state index contributed by atoms with van der Waals surface area (Å²) in [7, 11) is 0. The summed E-state index contributed by atoms with van der Waals surface area (Å²) in [6.45, 7) is 6.47. The predicted molar refractivity (Wildman–Crippen MR) is 132 cm³/mol. The van der Waals surface area contributed by atoms with Crippen LogP contribution in [-0.2, 0) is 11.3 Å². The first kappa shape index (κ1) is 22.2. The number of nitrogens with zero attached hydrogens (tertiary/aromatic N) is 5. The van der Waals surface area contributed by atoms with E-state index >= 15 is 0 Å². The molecule has 1 fully saturated rings. The van der Waals surface area contributed by atoms with Crippen molar-refractivity contribution < 1.29 is 18.0 Å². The smallest absolute Gasteiger partial charge is 0.231 e. The summed E-state index contributed by atoms with van der Waals surface area (Å²) in [6.07, 6.45) is 2.63. The third kappa shape index (κ3) is 3.79. The zero-order valence-corrected chi connectivity index (χ0v) is 20.3. The Morgan fingerprint density at radius 3 is 2.80 bits per heavy atom. The number of rotatable bonds is 7. The van der Waals surface area contributed by atoms with Crippen LogP contribution in [0.1, 0.15) is 29.6 Å². The Bertz CT molecular complexity index is 1390. The SMILES string of the molecule is Cc1noc(C)c1-c1ccc2nc(N3CC(CCNS(=O)O)C3)n3c2c1OC[C@@H]3c1ccccn1. The van der Waals surface area contributed by atoms with Gasteiger partial charge in [0.15, 0.2) is 5.75 Å². The number of hydrogen-bond acceptors (Lipinski definition) is 7. The molecular formula is C24H26N6O4S. The maximum Gasteiger partial charge on any atom is 0.231 e. The van der Waals surface area contributed by atoms with Gasteiger partial charge >= 0.3 is 0 Å². The Hall–Kier alpha value is -3.28. The molecule has 182 valence electrons. The maximum atomic E-state index is 10.9. The molecular weight excluding hydrogens is 468 g/mol. The molecule has 0 radical (unpaired) electrons. The van der Waals surface area contributed by atoms with E-state index in [1.165, 1.54) is 0 Å². The first-order valence-electron chi connectivity index (χ1n) is 11.6. The Balaban J connectivity index is 1.43. The van der Waals surface area contributed by atoms with Crippen LogP contribution in [-0.4, -0.2) is 54.7 Å². The van der Waals surface area contributed by atoms with Gasteiger partial charge in [0.1, 0.15) is 23.9 Å². The van der Waals surface area contributed by atoms with Crippen molar-refractivity contribution in [3.63, 3.8) is 0 Å². The zero-order valence-electron chi connectivity index (χ0n) is 19.5. The molecule has 0 spiro atoms. The first-order chi connectivity index (χ1) is 17.0. The fourth-order valence-electron chi connectivity index (χ4n) is 5.17. The lowest BCUT2D eigenvalue weighted by Crippen LogP contribution is -2.49. The largest absolute Gasteiger partial charge is 0.488 e. The number of pyridine rings is 1. The molecule has 4 aromatic rings. The zero-order chi connectivity index (χ0) is 24.1. The van der Waals surface area contributed by atoms with Crippen molar-refractivity contribution in [1.82, 2.24) is 24.4 Å². The Morgan fingerprint density at radius 2 is 2.09 bits per heavy atom. The number of ether oxygens (including phenoxy) is 1. The van der Waals surface area contributed by atoms with Gasteiger partial charge in [0.2, 0.25) is 17.2 Å². The molecule has 5 heterocycles. The van der Waals surface area contributed by atoms with E-state index in [-0.39, 0.29) is 6.04 Å². The molecule has 2 atom stereocenters. The van der Waals surface area contributed by atoms with Crippen molar-refractivity contribution in [2.75, 3.05) is 31.1 Å². The molecule has 3 aromatic heterocycles. The molecule has 11 heteroatoms. The van der Waals surface area contributed by atoms with Gasteiger partial charge in [-0.15, -0.1) is 0 Å². The molecule has 6 rings (SSSR count). The molecule has 0 bridgehead atoms. The highest BCUT2D eigenvalue weighted by Gasteiger charge is 2.37. The van der Waals surface area contributed by atoms with Gasteiger partial charge in [-0.05, 0) is 50.5 Å². The number of aromatic nitrogens is 4. The van der Waals surface area contributed by atoms with Gasteiger partial charge in [0.05, 0.1) is 22.5 Å². The topological polar surface area (TPSA) is 119 Å². The third-order valence-corrected chi connectivity index (χ3v) is 7.29. The van der Waals surface area contributed by atoms with E-state index in [0.29, 0.717) is 19.1 Å². The average Bonchev–Trinajstić information content (AvgIpc) is 3.37. The highest BCUT2D eigenvalue weighted by Crippen LogP contribution is 2.46. The van der Waals surface area contributed by atoms with E-state index in [4.69, 9.17) is 18.8 Å². The molecule has 10 nitrogen and oxygen atoms in total. The van der Waals surface area contributed by atoms with Gasteiger partial charge in [-0.3, -0.25) is 14.1 Å². The number of imidazole rings is 1. The minimum atomic E-state index is -1.97. The quantitative estimate of drug-likeness (QED) is 0.376. The summed E-state index contributed by atoms with van der Waals surface area (Å²) >= 11 is -1.97. The van der Waals surface area contributed by atoms with E-state index in [0.717, 1.165) is 70.5 Å². The van der Waals surface area contributed by atoms with E-state index in [9.17, 15) is 4.21 Å². The Kier molecular flexibility index (Phi) is 5.54. The number of aryl methyl sites for hydroxylation is 2. The van der Waals surface area contributed by atoms with E-state index in [2.05, 4.69) is 24.3 Å². The van der Waals surface area contributed by atoms with Gasteiger partial charge in [-0.2, -0.15) is 0 Å². The molecule has 1 unspecified atom stereocenters. The second-order valence-electron chi connectivity index (χ2n) is 9.08. The van der Waals surface area contributed by atoms with Crippen molar-refractivity contribution in [3.8, 4) is 16.9 Å². The molecule has 1 aromatic carbocycles. The lowest BCUT2D eigenvalue weighted by molar-refractivity contribution is 0.255. The highest BCUT2D eigenvalue weighted by molar-refractivity contribution is 7.77. The summed E-state index contributed by atoms with van der Waals surface area (Å²) in [5.41, 5.74) is 5.46. The molecule has 2 aliphatic rings. The third-order valence-electron chi connectivity index (χ3n) is 6.83. The van der Waals surface area contributed by atoms with Crippen LogP contribution in [0.5, 0.6) is 5.75 Å². The molecule has 2 N–H and O–H groups in total. The molecule has 0 amide bonds. The van der Waals surface area contributed by atoms with Crippen LogP contribution >= 0.6 is 0 Å². The fourth-order valence-corrected chi connectivity index (χ4v) is 5.46. The van der Waals surface area contributed by atoms with Crippen LogP contribution in [0.2, 0.25) is 0 Å². The van der Waals surface area contributed by atoms with Crippen molar-refractivity contribution in [1.29, 1.82) is 0 Å². The summed E-state index contributed by atoms with van der Waals surface area (Å²) in [5, 5.41) is 4.14. The molecule has 0 saturated carbocycles. The first-order valence-corrected chi connectivity index (χ1v) is 12.7. The average molecular weight is 495 g/mol. The van der Waals surface area contributed by atoms with E-state index < -0.39 is 11.3 Å². The second kappa shape index (κ2) is 8.74. The van der Waals surface area contributed by atoms with E-state index in [1.807, 2.05) is 44.2 Å². The van der Waals surface area contributed by atoms with Gasteiger partial charge in [-0.25, -0.2) is 13.9 Å². The van der Waals surface area contributed by atoms with Crippen molar-refractivity contribution >= 4 is 28.2 Å². The molecule has 35 heavy (non-hydrogen) atoms. The number of anilines is 1. The van der Waals surface area contributed by atoms with Crippen LogP contribution in [0.3, 0.4) is 0 Å². The summed E-state index contributed by atoms with van der Waals surface area (Å²) in [5.74, 6) is 2.87. The van der Waals surface area contributed by atoms with Crippen LogP contribution in [0.4, 0.5) is 5.95 Å². The minimum Gasteiger partial charge on any atom is -0.488 e. The summed E-state index contributed by atoms with van der Waals surface area (Å²) < 4.78 is 36.5. The Morgan fingerprint density at radius 1 is 1.23 bits per heavy atom. The van der Waals surface area contributed by atoms with Crippen LogP contribution in [0.25, 0.3) is 22.2 Å². The van der Waals surface area contributed by atoms with Crippen molar-refractivity contribution in [3.05, 3.63) is 53.7 Å². The minimum absolute atomic E-state index is 0.110. The predicted octanol–water partition coefficient (Wildman–Crippen LogP) is 3.24. The number of hydrogen-bond donors (Lipinski definition) is 2. The standard InChI is InChI=1S/C24H26N6O4S/c1-14-21(15(2)34-28-14)17-6-7-19-22-23(17)33-13-20(18-5-3-4-9-25-18)30(22)24(27-19)29-11-16(12-29)8-10-26-35(31)32/h3-7,9,16,20,26H,8,10-13H2,1-2H3,(H,31,32)/t20-/m1/s1. The fraction of sp³-hybridized carbons (Fsp3) is 0.375. The summed E-state index contributed by atoms with van der Waals surface area (Å²) in [6, 6.07) is 9.87. The number of nitrogens with one attached hydrogen (secondary N) is 1. The molecule has 0 aliphatic carbocycles. The highest BCUT2D eigenvalue weighted by atomic mass is 32.2. The molecule has 2 aliphatic heterocycles. The van der Waals surface area contributed by atoms with Crippen LogP contribution in [0, 0.1) is 19.8 Å². The van der Waals surface area contributed by atoms with Crippen molar-refractivity contribution in [2.45, 2.75) is 26.3 Å². The monoisotopic (exact) mass is 494 g/mol. The summed E-state index contributed by atoms with van der Waals surface area (Å²) in [4.78, 5) is 11.9.